The van der Waals surface area contributed by atoms with Crippen molar-refractivity contribution in [2.24, 2.45) is 0 Å². The minimum Gasteiger partial charge on any atom is -0.508 e. The predicted molar refractivity (Wildman–Crippen MR) is 67.0 cm³/mol. The van der Waals surface area contributed by atoms with Crippen molar-refractivity contribution in [2.45, 2.75) is 39.0 Å². The van der Waals surface area contributed by atoms with Gasteiger partial charge < -0.3 is 9.84 Å². The Balaban J connectivity index is 2.32. The SMILES string of the molecule is CCCC(=O)OCCC(C)c1ccc(O)cc1. The fourth-order valence-electron chi connectivity index (χ4n) is 1.60. The fourth-order valence-corrected chi connectivity index (χ4v) is 1.60. The van der Waals surface area contributed by atoms with E-state index < -0.39 is 0 Å². The highest BCUT2D eigenvalue weighted by Gasteiger charge is 2.07. The lowest BCUT2D eigenvalue weighted by molar-refractivity contribution is -0.143. The summed E-state index contributed by atoms with van der Waals surface area (Å²) in [5.41, 5.74) is 1.15. The first kappa shape index (κ1) is 13.6. The van der Waals surface area contributed by atoms with Crippen molar-refractivity contribution >= 4 is 5.97 Å². The zero-order chi connectivity index (χ0) is 12.7. The number of carbonyl (C=O) groups is 1. The van der Waals surface area contributed by atoms with E-state index in [1.807, 2.05) is 19.1 Å². The van der Waals surface area contributed by atoms with Crippen molar-refractivity contribution in [1.29, 1.82) is 0 Å². The molecule has 3 heteroatoms. The maximum Gasteiger partial charge on any atom is 0.305 e. The molecule has 1 atom stereocenters. The van der Waals surface area contributed by atoms with Gasteiger partial charge in [-0.05, 0) is 36.5 Å². The molecule has 1 rings (SSSR count). The van der Waals surface area contributed by atoms with Gasteiger partial charge in [0.15, 0.2) is 0 Å². The molecule has 0 bridgehead atoms. The number of rotatable bonds is 6. The maximum atomic E-state index is 11.2. The Morgan fingerprint density at radius 2 is 2.00 bits per heavy atom. The van der Waals surface area contributed by atoms with E-state index in [0.717, 1.165) is 18.4 Å². The summed E-state index contributed by atoms with van der Waals surface area (Å²) >= 11 is 0. The summed E-state index contributed by atoms with van der Waals surface area (Å²) in [4.78, 5) is 11.2. The highest BCUT2D eigenvalue weighted by molar-refractivity contribution is 5.69. The van der Waals surface area contributed by atoms with Crippen LogP contribution in [0.3, 0.4) is 0 Å². The molecule has 0 fully saturated rings. The molecule has 1 unspecified atom stereocenters. The smallest absolute Gasteiger partial charge is 0.305 e. The lowest BCUT2D eigenvalue weighted by atomic mass is 9.98. The zero-order valence-electron chi connectivity index (χ0n) is 10.5. The standard InChI is InChI=1S/C14H20O3/c1-3-4-14(16)17-10-9-11(2)12-5-7-13(15)8-6-12/h5-8,11,15H,3-4,9-10H2,1-2H3. The Morgan fingerprint density at radius 1 is 1.35 bits per heavy atom. The van der Waals surface area contributed by atoms with Gasteiger partial charge in [-0.15, -0.1) is 0 Å². The third-order valence-electron chi connectivity index (χ3n) is 2.73. The van der Waals surface area contributed by atoms with Gasteiger partial charge in [-0.3, -0.25) is 4.79 Å². The second kappa shape index (κ2) is 6.94. The van der Waals surface area contributed by atoms with Crippen LogP contribution < -0.4 is 0 Å². The number of ether oxygens (including phenoxy) is 1. The van der Waals surface area contributed by atoms with Crippen LogP contribution in [-0.4, -0.2) is 17.7 Å². The van der Waals surface area contributed by atoms with Gasteiger partial charge in [0.05, 0.1) is 6.61 Å². The van der Waals surface area contributed by atoms with Crippen LogP contribution in [0, 0.1) is 0 Å². The average Bonchev–Trinajstić information content (AvgIpc) is 2.30. The molecule has 1 aromatic carbocycles. The van der Waals surface area contributed by atoms with Gasteiger partial charge in [-0.25, -0.2) is 0 Å². The molecule has 3 nitrogen and oxygen atoms in total. The molecule has 94 valence electrons. The highest BCUT2D eigenvalue weighted by atomic mass is 16.5. The number of esters is 1. The number of phenols is 1. The van der Waals surface area contributed by atoms with Crippen molar-refractivity contribution in [3.05, 3.63) is 29.8 Å². The van der Waals surface area contributed by atoms with Gasteiger partial charge in [0.1, 0.15) is 5.75 Å². The molecular formula is C14H20O3. The number of hydrogen-bond acceptors (Lipinski definition) is 3. The van der Waals surface area contributed by atoms with Crippen molar-refractivity contribution in [3.63, 3.8) is 0 Å². The third-order valence-corrected chi connectivity index (χ3v) is 2.73. The minimum atomic E-state index is -0.120. The first-order valence-corrected chi connectivity index (χ1v) is 6.08. The van der Waals surface area contributed by atoms with Crippen molar-refractivity contribution < 1.29 is 14.6 Å². The molecule has 0 heterocycles. The number of phenolic OH excluding ortho intramolecular Hbond substituents is 1. The first-order chi connectivity index (χ1) is 8.13. The monoisotopic (exact) mass is 236 g/mol. The number of hydrogen-bond donors (Lipinski definition) is 1. The Labute approximate surface area is 102 Å². The molecule has 0 saturated carbocycles. The number of aromatic hydroxyl groups is 1. The summed E-state index contributed by atoms with van der Waals surface area (Å²) in [6.45, 7) is 4.50. The molecule has 0 saturated heterocycles. The normalized spacial score (nSPS) is 12.1. The van der Waals surface area contributed by atoms with Gasteiger partial charge in [0, 0.05) is 6.42 Å². The highest BCUT2D eigenvalue weighted by Crippen LogP contribution is 2.21. The zero-order valence-corrected chi connectivity index (χ0v) is 10.5. The largest absolute Gasteiger partial charge is 0.508 e. The summed E-state index contributed by atoms with van der Waals surface area (Å²) in [7, 11) is 0. The van der Waals surface area contributed by atoms with E-state index in [0.29, 0.717) is 18.9 Å². The summed E-state index contributed by atoms with van der Waals surface area (Å²) < 4.78 is 5.11. The average molecular weight is 236 g/mol. The summed E-state index contributed by atoms with van der Waals surface area (Å²) in [5.74, 6) is 0.478. The van der Waals surface area contributed by atoms with E-state index in [4.69, 9.17) is 4.74 Å². The Hall–Kier alpha value is -1.51. The molecule has 0 spiro atoms. The van der Waals surface area contributed by atoms with E-state index in [1.54, 1.807) is 12.1 Å². The summed E-state index contributed by atoms with van der Waals surface area (Å²) in [6.07, 6.45) is 2.13. The van der Waals surface area contributed by atoms with Crippen LogP contribution >= 0.6 is 0 Å². The molecule has 0 aliphatic carbocycles. The Bertz CT molecular complexity index is 343. The van der Waals surface area contributed by atoms with Crippen LogP contribution in [0.1, 0.15) is 44.6 Å². The Kier molecular flexibility index (Phi) is 5.53. The molecule has 0 amide bonds. The predicted octanol–water partition coefficient (Wildman–Crippen LogP) is 3.23. The molecule has 0 aliphatic rings. The molecule has 1 N–H and O–H groups in total. The van der Waals surface area contributed by atoms with E-state index in [1.165, 1.54) is 0 Å². The van der Waals surface area contributed by atoms with E-state index in [9.17, 15) is 9.90 Å². The van der Waals surface area contributed by atoms with Gasteiger partial charge in [-0.2, -0.15) is 0 Å². The molecule has 1 aromatic rings. The van der Waals surface area contributed by atoms with E-state index in [2.05, 4.69) is 6.92 Å². The second-order valence-corrected chi connectivity index (χ2v) is 4.25. The molecule has 17 heavy (non-hydrogen) atoms. The van der Waals surface area contributed by atoms with E-state index >= 15 is 0 Å². The number of carbonyl (C=O) groups excluding carboxylic acids is 1. The number of benzene rings is 1. The van der Waals surface area contributed by atoms with Crippen LogP contribution in [0.15, 0.2) is 24.3 Å². The van der Waals surface area contributed by atoms with Crippen molar-refractivity contribution in [2.75, 3.05) is 6.61 Å². The van der Waals surface area contributed by atoms with Crippen LogP contribution in [0.2, 0.25) is 0 Å². The molecule has 0 aromatic heterocycles. The van der Waals surface area contributed by atoms with Crippen LogP contribution in [0.25, 0.3) is 0 Å². The van der Waals surface area contributed by atoms with Crippen LogP contribution in [-0.2, 0) is 9.53 Å². The van der Waals surface area contributed by atoms with Crippen molar-refractivity contribution in [3.8, 4) is 5.75 Å². The minimum absolute atomic E-state index is 0.120. The summed E-state index contributed by atoms with van der Waals surface area (Å²) in [6, 6.07) is 7.14. The Morgan fingerprint density at radius 3 is 2.59 bits per heavy atom. The first-order valence-electron chi connectivity index (χ1n) is 6.08. The molecule has 0 aliphatic heterocycles. The van der Waals surface area contributed by atoms with Gasteiger partial charge in [0.2, 0.25) is 0 Å². The van der Waals surface area contributed by atoms with E-state index in [-0.39, 0.29) is 11.7 Å². The van der Waals surface area contributed by atoms with Crippen molar-refractivity contribution in [1.82, 2.24) is 0 Å². The fraction of sp³-hybridized carbons (Fsp3) is 0.500. The van der Waals surface area contributed by atoms with Gasteiger partial charge in [-0.1, -0.05) is 26.0 Å². The molecule has 0 radical (unpaired) electrons. The van der Waals surface area contributed by atoms with Gasteiger partial charge >= 0.3 is 5.97 Å². The quantitative estimate of drug-likeness (QED) is 0.771. The van der Waals surface area contributed by atoms with Crippen LogP contribution in [0.4, 0.5) is 0 Å². The third kappa shape index (κ3) is 4.89. The topological polar surface area (TPSA) is 46.5 Å². The maximum absolute atomic E-state index is 11.2. The lowest BCUT2D eigenvalue weighted by Crippen LogP contribution is -2.07. The molecular weight excluding hydrogens is 216 g/mol. The van der Waals surface area contributed by atoms with Gasteiger partial charge in [0.25, 0.3) is 0 Å². The summed E-state index contributed by atoms with van der Waals surface area (Å²) in [5, 5.41) is 9.18. The van der Waals surface area contributed by atoms with Crippen LogP contribution in [0.5, 0.6) is 5.75 Å². The second-order valence-electron chi connectivity index (χ2n) is 4.25. The lowest BCUT2D eigenvalue weighted by Gasteiger charge is -2.12.